The Kier molecular flexibility index (Phi) is 3.11. The van der Waals surface area contributed by atoms with Crippen LogP contribution in [0, 0.1) is 17.5 Å². The monoisotopic (exact) mass is 203 g/mol. The number of nitrogens with one attached hydrogen (secondary N) is 1. The summed E-state index contributed by atoms with van der Waals surface area (Å²) in [5.74, 6) is -3.97. The zero-order chi connectivity index (χ0) is 10.7. The highest BCUT2D eigenvalue weighted by atomic mass is 19.2. The fourth-order valence-corrected chi connectivity index (χ4v) is 0.980. The zero-order valence-corrected chi connectivity index (χ0v) is 7.40. The van der Waals surface area contributed by atoms with E-state index in [2.05, 4.69) is 5.32 Å². The molecule has 0 heterocycles. The zero-order valence-electron chi connectivity index (χ0n) is 7.40. The van der Waals surface area contributed by atoms with Gasteiger partial charge in [-0.05, 0) is 12.1 Å². The molecule has 0 bridgehead atoms. The van der Waals surface area contributed by atoms with Gasteiger partial charge in [0.25, 0.3) is 0 Å². The van der Waals surface area contributed by atoms with Gasteiger partial charge in [-0.3, -0.25) is 4.79 Å². The second-order valence-corrected chi connectivity index (χ2v) is 2.67. The predicted molar refractivity (Wildman–Crippen MR) is 44.1 cm³/mol. The molecule has 0 aromatic heterocycles. The van der Waals surface area contributed by atoms with Crippen molar-refractivity contribution in [3.8, 4) is 0 Å². The lowest BCUT2D eigenvalue weighted by Gasteiger charge is -2.04. The molecule has 1 amide bonds. The number of rotatable bonds is 2. The Morgan fingerprint density at radius 2 is 1.86 bits per heavy atom. The fourth-order valence-electron chi connectivity index (χ4n) is 0.980. The molecule has 1 N–H and O–H groups in total. The van der Waals surface area contributed by atoms with E-state index in [-0.39, 0.29) is 0 Å². The lowest BCUT2D eigenvalue weighted by molar-refractivity contribution is -0.120. The Balaban J connectivity index is 3.06. The van der Waals surface area contributed by atoms with Gasteiger partial charge in [-0.15, -0.1) is 0 Å². The van der Waals surface area contributed by atoms with E-state index in [1.165, 1.54) is 7.05 Å². The first-order valence-corrected chi connectivity index (χ1v) is 3.89. The number of likely N-dealkylation sites (N-methyl/N-ethyl adjacent to an activating group) is 1. The van der Waals surface area contributed by atoms with Crippen molar-refractivity contribution in [3.05, 3.63) is 35.1 Å². The molecular weight excluding hydrogens is 195 g/mol. The minimum atomic E-state index is -1.31. The molecule has 0 saturated carbocycles. The molecule has 1 aromatic rings. The lowest BCUT2D eigenvalue weighted by Crippen LogP contribution is -2.21. The van der Waals surface area contributed by atoms with Gasteiger partial charge in [0.05, 0.1) is 6.42 Å². The SMILES string of the molecule is CNC(=O)Cc1c(F)ccc(F)c1F. The van der Waals surface area contributed by atoms with Gasteiger partial charge in [0.15, 0.2) is 11.6 Å². The maximum absolute atomic E-state index is 13.0. The maximum atomic E-state index is 13.0. The molecule has 0 fully saturated rings. The highest BCUT2D eigenvalue weighted by Crippen LogP contribution is 2.16. The Hall–Kier alpha value is -1.52. The first kappa shape index (κ1) is 10.6. The Morgan fingerprint density at radius 3 is 2.43 bits per heavy atom. The quantitative estimate of drug-likeness (QED) is 0.723. The van der Waals surface area contributed by atoms with Crippen molar-refractivity contribution in [1.82, 2.24) is 5.32 Å². The number of hydrogen-bond acceptors (Lipinski definition) is 1. The highest BCUT2D eigenvalue weighted by Gasteiger charge is 2.15. The molecule has 0 aliphatic rings. The van der Waals surface area contributed by atoms with Crippen molar-refractivity contribution in [1.29, 1.82) is 0 Å². The minimum Gasteiger partial charge on any atom is -0.359 e. The summed E-state index contributed by atoms with van der Waals surface area (Å²) >= 11 is 0. The van der Waals surface area contributed by atoms with Gasteiger partial charge in [0, 0.05) is 12.6 Å². The summed E-state index contributed by atoms with van der Waals surface area (Å²) in [6.07, 6.45) is -0.508. The molecule has 0 unspecified atom stereocenters. The third-order valence-electron chi connectivity index (χ3n) is 1.76. The van der Waals surface area contributed by atoms with Crippen LogP contribution in [-0.2, 0) is 11.2 Å². The van der Waals surface area contributed by atoms with Crippen LogP contribution in [-0.4, -0.2) is 13.0 Å². The summed E-state index contributed by atoms with van der Waals surface area (Å²) in [6.45, 7) is 0. The summed E-state index contributed by atoms with van der Waals surface area (Å²) < 4.78 is 38.5. The summed E-state index contributed by atoms with van der Waals surface area (Å²) in [4.78, 5) is 10.8. The molecule has 0 aliphatic carbocycles. The number of hydrogen-bond donors (Lipinski definition) is 1. The van der Waals surface area contributed by atoms with Crippen LogP contribution in [0.2, 0.25) is 0 Å². The average molecular weight is 203 g/mol. The molecular formula is C9H8F3NO. The smallest absolute Gasteiger partial charge is 0.224 e. The molecule has 0 atom stereocenters. The van der Waals surface area contributed by atoms with E-state index in [0.29, 0.717) is 6.07 Å². The van der Waals surface area contributed by atoms with Crippen LogP contribution in [0.3, 0.4) is 0 Å². The molecule has 2 nitrogen and oxygen atoms in total. The van der Waals surface area contributed by atoms with E-state index >= 15 is 0 Å². The van der Waals surface area contributed by atoms with Crippen molar-refractivity contribution < 1.29 is 18.0 Å². The number of carbonyl (C=O) groups excluding carboxylic acids is 1. The molecule has 14 heavy (non-hydrogen) atoms. The molecule has 0 saturated heterocycles. The largest absolute Gasteiger partial charge is 0.359 e. The topological polar surface area (TPSA) is 29.1 Å². The molecule has 0 radical (unpaired) electrons. The van der Waals surface area contributed by atoms with E-state index in [9.17, 15) is 18.0 Å². The molecule has 0 spiro atoms. The fraction of sp³-hybridized carbons (Fsp3) is 0.222. The van der Waals surface area contributed by atoms with Crippen LogP contribution in [0.25, 0.3) is 0 Å². The Morgan fingerprint density at radius 1 is 1.29 bits per heavy atom. The van der Waals surface area contributed by atoms with Gasteiger partial charge in [0.2, 0.25) is 5.91 Å². The van der Waals surface area contributed by atoms with Crippen LogP contribution in [0.1, 0.15) is 5.56 Å². The van der Waals surface area contributed by atoms with E-state index in [0.717, 1.165) is 6.07 Å². The molecule has 5 heteroatoms. The third kappa shape index (κ3) is 2.04. The van der Waals surface area contributed by atoms with E-state index < -0.39 is 35.3 Å². The molecule has 1 rings (SSSR count). The molecule has 1 aromatic carbocycles. The number of benzene rings is 1. The van der Waals surface area contributed by atoms with Crippen LogP contribution < -0.4 is 5.32 Å². The number of amides is 1. The van der Waals surface area contributed by atoms with E-state index in [1.54, 1.807) is 0 Å². The van der Waals surface area contributed by atoms with Crippen molar-refractivity contribution in [2.75, 3.05) is 7.05 Å². The van der Waals surface area contributed by atoms with E-state index in [4.69, 9.17) is 0 Å². The maximum Gasteiger partial charge on any atom is 0.224 e. The second kappa shape index (κ2) is 4.13. The summed E-state index contributed by atoms with van der Waals surface area (Å²) in [5.41, 5.74) is -0.552. The average Bonchev–Trinajstić information content (AvgIpc) is 2.18. The van der Waals surface area contributed by atoms with Crippen molar-refractivity contribution in [2.24, 2.45) is 0 Å². The minimum absolute atomic E-state index is 0.508. The first-order chi connectivity index (χ1) is 6.56. The molecule has 76 valence electrons. The van der Waals surface area contributed by atoms with Crippen LogP contribution in [0.5, 0.6) is 0 Å². The second-order valence-electron chi connectivity index (χ2n) is 2.67. The lowest BCUT2D eigenvalue weighted by atomic mass is 10.1. The van der Waals surface area contributed by atoms with Crippen LogP contribution in [0.15, 0.2) is 12.1 Å². The van der Waals surface area contributed by atoms with Gasteiger partial charge < -0.3 is 5.32 Å². The number of carbonyl (C=O) groups is 1. The van der Waals surface area contributed by atoms with Crippen molar-refractivity contribution in [3.63, 3.8) is 0 Å². The van der Waals surface area contributed by atoms with Crippen LogP contribution >= 0.6 is 0 Å². The molecule has 0 aliphatic heterocycles. The van der Waals surface area contributed by atoms with E-state index in [1.807, 2.05) is 0 Å². The van der Waals surface area contributed by atoms with Crippen molar-refractivity contribution in [2.45, 2.75) is 6.42 Å². The predicted octanol–water partition coefficient (Wildman–Crippen LogP) is 1.39. The first-order valence-electron chi connectivity index (χ1n) is 3.89. The summed E-state index contributed by atoms with van der Waals surface area (Å²) in [7, 11) is 1.33. The number of halogens is 3. The standard InChI is InChI=1S/C9H8F3NO/c1-13-8(14)4-5-6(10)2-3-7(11)9(5)12/h2-3H,4H2,1H3,(H,13,14). The van der Waals surface area contributed by atoms with Gasteiger partial charge in [-0.25, -0.2) is 13.2 Å². The van der Waals surface area contributed by atoms with Gasteiger partial charge in [-0.2, -0.15) is 0 Å². The highest BCUT2D eigenvalue weighted by molar-refractivity contribution is 5.78. The van der Waals surface area contributed by atoms with Gasteiger partial charge in [0.1, 0.15) is 5.82 Å². The normalized spacial score (nSPS) is 10.0. The van der Waals surface area contributed by atoms with Crippen molar-refractivity contribution >= 4 is 5.91 Å². The van der Waals surface area contributed by atoms with Crippen LogP contribution in [0.4, 0.5) is 13.2 Å². The van der Waals surface area contributed by atoms with Gasteiger partial charge in [-0.1, -0.05) is 0 Å². The third-order valence-corrected chi connectivity index (χ3v) is 1.76. The van der Waals surface area contributed by atoms with Gasteiger partial charge >= 0.3 is 0 Å². The summed E-state index contributed by atoms with van der Waals surface area (Å²) in [5, 5.41) is 2.19. The Labute approximate surface area is 78.7 Å². The Bertz CT molecular complexity index is 365. The summed E-state index contributed by atoms with van der Waals surface area (Å²) in [6, 6.07) is 1.47.